The predicted octanol–water partition coefficient (Wildman–Crippen LogP) is 2.28. The molecule has 0 saturated carbocycles. The molecule has 0 atom stereocenters. The molecule has 1 aromatic heterocycles. The van der Waals surface area contributed by atoms with E-state index in [1.54, 1.807) is 9.58 Å². The molecule has 2 N–H and O–H groups in total. The highest BCUT2D eigenvalue weighted by molar-refractivity contribution is 5.99. The van der Waals surface area contributed by atoms with Gasteiger partial charge in [0.1, 0.15) is 5.69 Å². The number of aromatic nitrogens is 2. The Morgan fingerprint density at radius 3 is 2.55 bits per heavy atom. The molecule has 1 aliphatic heterocycles. The number of nitrogens with one attached hydrogen (secondary N) is 2. The fraction of sp³-hybridized carbons (Fsp3) is 0.280. The summed E-state index contributed by atoms with van der Waals surface area (Å²) in [5.74, 6) is -0.932. The number of aryl methyl sites for hydroxylation is 2. The van der Waals surface area contributed by atoms with Crippen LogP contribution in [0.25, 0.3) is 0 Å². The average Bonchev–Trinajstić information content (AvgIpc) is 3.19. The van der Waals surface area contributed by atoms with Crippen LogP contribution in [0, 0.1) is 6.92 Å². The van der Waals surface area contributed by atoms with E-state index in [0.29, 0.717) is 31.9 Å². The lowest BCUT2D eigenvalue weighted by Gasteiger charge is -2.20. The second-order valence-corrected chi connectivity index (χ2v) is 8.15. The molecule has 33 heavy (non-hydrogen) atoms. The molecular weight excluding hydrogens is 418 g/mol. The van der Waals surface area contributed by atoms with Crippen molar-refractivity contribution in [2.75, 3.05) is 13.1 Å². The molecule has 0 aliphatic carbocycles. The van der Waals surface area contributed by atoms with Gasteiger partial charge in [0.25, 0.3) is 11.8 Å². The fourth-order valence-corrected chi connectivity index (χ4v) is 3.84. The molecule has 0 fully saturated rings. The first-order chi connectivity index (χ1) is 16.0. The van der Waals surface area contributed by atoms with Crippen molar-refractivity contribution in [3.05, 3.63) is 88.7 Å². The number of hydrogen-bond acceptors (Lipinski definition) is 4. The van der Waals surface area contributed by atoms with Crippen molar-refractivity contribution in [3.8, 4) is 0 Å². The standard InChI is InChI=1S/C25H27N5O3/c1-18-7-5-10-20(13-18)17-29-11-6-12-30-22(25(29)33)14-21(28-30)24(32)27-16-23(31)26-15-19-8-3-2-4-9-19/h2-5,7-10,13-14H,6,11-12,15-17H2,1H3,(H,26,31)(H,27,32). The maximum absolute atomic E-state index is 13.1. The topological polar surface area (TPSA) is 96.3 Å². The van der Waals surface area contributed by atoms with Gasteiger partial charge in [0.2, 0.25) is 5.91 Å². The molecule has 0 unspecified atom stereocenters. The Morgan fingerprint density at radius 1 is 0.970 bits per heavy atom. The van der Waals surface area contributed by atoms with Gasteiger partial charge in [-0.3, -0.25) is 19.1 Å². The van der Waals surface area contributed by atoms with Gasteiger partial charge >= 0.3 is 0 Å². The van der Waals surface area contributed by atoms with Gasteiger partial charge in [-0.25, -0.2) is 0 Å². The summed E-state index contributed by atoms with van der Waals surface area (Å²) in [6.45, 7) is 3.93. The van der Waals surface area contributed by atoms with Crippen LogP contribution in [0.3, 0.4) is 0 Å². The van der Waals surface area contributed by atoms with Gasteiger partial charge in [-0.05, 0) is 24.5 Å². The minimum Gasteiger partial charge on any atom is -0.350 e. The van der Waals surface area contributed by atoms with Gasteiger partial charge in [0, 0.05) is 32.2 Å². The lowest BCUT2D eigenvalue weighted by molar-refractivity contribution is -0.120. The van der Waals surface area contributed by atoms with Crippen LogP contribution in [0.5, 0.6) is 0 Å². The first kappa shape index (κ1) is 22.3. The zero-order valence-electron chi connectivity index (χ0n) is 18.6. The van der Waals surface area contributed by atoms with Gasteiger partial charge < -0.3 is 15.5 Å². The highest BCUT2D eigenvalue weighted by Crippen LogP contribution is 2.17. The maximum Gasteiger partial charge on any atom is 0.272 e. The molecule has 8 heteroatoms. The first-order valence-electron chi connectivity index (χ1n) is 11.0. The van der Waals surface area contributed by atoms with E-state index in [1.165, 1.54) is 6.07 Å². The molecule has 3 aromatic rings. The van der Waals surface area contributed by atoms with Gasteiger partial charge in [0.05, 0.1) is 6.54 Å². The van der Waals surface area contributed by atoms with Crippen molar-refractivity contribution < 1.29 is 14.4 Å². The SMILES string of the molecule is Cc1cccc(CN2CCCn3nc(C(=O)NCC(=O)NCc4ccccc4)cc3C2=O)c1. The minimum absolute atomic E-state index is 0.131. The Morgan fingerprint density at radius 2 is 1.76 bits per heavy atom. The van der Waals surface area contributed by atoms with Crippen LogP contribution in [0.1, 0.15) is 44.1 Å². The summed E-state index contributed by atoms with van der Waals surface area (Å²) in [5, 5.41) is 9.66. The van der Waals surface area contributed by atoms with Crippen molar-refractivity contribution in [1.82, 2.24) is 25.3 Å². The Kier molecular flexibility index (Phi) is 6.83. The summed E-state index contributed by atoms with van der Waals surface area (Å²) in [6.07, 6.45) is 0.745. The summed E-state index contributed by atoms with van der Waals surface area (Å²) in [7, 11) is 0. The number of carbonyl (C=O) groups excluding carboxylic acids is 3. The zero-order chi connectivity index (χ0) is 23.2. The van der Waals surface area contributed by atoms with Crippen molar-refractivity contribution in [2.24, 2.45) is 0 Å². The molecule has 170 valence electrons. The number of amides is 3. The maximum atomic E-state index is 13.1. The van der Waals surface area contributed by atoms with Gasteiger partial charge in [-0.15, -0.1) is 0 Å². The highest BCUT2D eigenvalue weighted by Gasteiger charge is 2.26. The molecule has 1 aliphatic rings. The molecule has 3 amide bonds. The van der Waals surface area contributed by atoms with Crippen LogP contribution in [0.15, 0.2) is 60.7 Å². The fourth-order valence-electron chi connectivity index (χ4n) is 3.84. The van der Waals surface area contributed by atoms with E-state index in [4.69, 9.17) is 0 Å². The summed E-state index contributed by atoms with van der Waals surface area (Å²) in [6, 6.07) is 19.1. The second-order valence-electron chi connectivity index (χ2n) is 8.15. The molecule has 0 saturated heterocycles. The molecule has 4 rings (SSSR count). The Bertz CT molecular complexity index is 1160. The molecule has 0 bridgehead atoms. The van der Waals surface area contributed by atoms with Crippen molar-refractivity contribution >= 4 is 17.7 Å². The third kappa shape index (κ3) is 5.65. The summed E-state index contributed by atoms with van der Waals surface area (Å²) < 4.78 is 1.59. The van der Waals surface area contributed by atoms with Crippen molar-refractivity contribution in [3.63, 3.8) is 0 Å². The van der Waals surface area contributed by atoms with E-state index < -0.39 is 5.91 Å². The largest absolute Gasteiger partial charge is 0.350 e. The monoisotopic (exact) mass is 445 g/mol. The Balaban J connectivity index is 1.35. The molecule has 2 aromatic carbocycles. The van der Waals surface area contributed by atoms with Gasteiger partial charge in [0.15, 0.2) is 5.69 Å². The lowest BCUT2D eigenvalue weighted by Crippen LogP contribution is -2.36. The van der Waals surface area contributed by atoms with Gasteiger partial charge in [-0.1, -0.05) is 60.2 Å². The number of carbonyl (C=O) groups is 3. The van der Waals surface area contributed by atoms with Crippen molar-refractivity contribution in [1.29, 1.82) is 0 Å². The van der Waals surface area contributed by atoms with Crippen molar-refractivity contribution in [2.45, 2.75) is 33.0 Å². The molecular formula is C25H27N5O3. The first-order valence-corrected chi connectivity index (χ1v) is 11.0. The third-order valence-electron chi connectivity index (χ3n) is 5.51. The number of hydrogen-bond donors (Lipinski definition) is 2. The summed E-state index contributed by atoms with van der Waals surface area (Å²) in [4.78, 5) is 39.5. The predicted molar refractivity (Wildman–Crippen MR) is 123 cm³/mol. The minimum atomic E-state index is -0.483. The number of rotatable bonds is 7. The quantitative estimate of drug-likeness (QED) is 0.583. The van der Waals surface area contributed by atoms with Crippen LogP contribution < -0.4 is 10.6 Å². The summed E-state index contributed by atoms with van der Waals surface area (Å²) in [5.41, 5.74) is 3.71. The highest BCUT2D eigenvalue weighted by atomic mass is 16.2. The summed E-state index contributed by atoms with van der Waals surface area (Å²) >= 11 is 0. The van der Waals surface area contributed by atoms with Gasteiger partial charge in [-0.2, -0.15) is 5.10 Å². The van der Waals surface area contributed by atoms with Crippen LogP contribution in [-0.4, -0.2) is 45.5 Å². The normalized spacial score (nSPS) is 13.2. The molecule has 0 spiro atoms. The number of benzene rings is 2. The molecule has 8 nitrogen and oxygen atoms in total. The van der Waals surface area contributed by atoms with Crippen LogP contribution in [-0.2, 0) is 24.4 Å². The Hall–Kier alpha value is -3.94. The Labute approximate surface area is 192 Å². The van der Waals surface area contributed by atoms with E-state index in [1.807, 2.05) is 55.5 Å². The molecule has 0 radical (unpaired) electrons. The third-order valence-corrected chi connectivity index (χ3v) is 5.51. The number of fused-ring (bicyclic) bond motifs is 1. The number of nitrogens with zero attached hydrogens (tertiary/aromatic N) is 3. The van der Waals surface area contributed by atoms with Crippen LogP contribution in [0.4, 0.5) is 0 Å². The van der Waals surface area contributed by atoms with Crippen LogP contribution >= 0.6 is 0 Å². The van der Waals surface area contributed by atoms with E-state index in [-0.39, 0.29) is 24.1 Å². The average molecular weight is 446 g/mol. The van der Waals surface area contributed by atoms with E-state index >= 15 is 0 Å². The van der Waals surface area contributed by atoms with Crippen LogP contribution in [0.2, 0.25) is 0 Å². The molecule has 2 heterocycles. The lowest BCUT2D eigenvalue weighted by atomic mass is 10.1. The zero-order valence-corrected chi connectivity index (χ0v) is 18.6. The van der Waals surface area contributed by atoms with E-state index in [2.05, 4.69) is 21.8 Å². The smallest absolute Gasteiger partial charge is 0.272 e. The van der Waals surface area contributed by atoms with E-state index in [9.17, 15) is 14.4 Å². The van der Waals surface area contributed by atoms with E-state index in [0.717, 1.165) is 23.1 Å². The second kappa shape index (κ2) is 10.1.